The molecule has 2 aliphatic heterocycles. The second kappa shape index (κ2) is 14.5. The smallest absolute Gasteiger partial charge is 0.411 e. The van der Waals surface area contributed by atoms with Crippen LogP contribution < -0.4 is 0 Å². The van der Waals surface area contributed by atoms with E-state index in [0.717, 1.165) is 4.90 Å². The van der Waals surface area contributed by atoms with E-state index in [1.807, 2.05) is 0 Å². The average molecular weight is 536 g/mol. The zero-order chi connectivity index (χ0) is 29.8. The van der Waals surface area contributed by atoms with E-state index in [1.54, 1.807) is 41.5 Å². The van der Waals surface area contributed by atoms with Crippen molar-refractivity contribution in [1.29, 1.82) is 0 Å². The highest BCUT2D eigenvalue weighted by Crippen LogP contribution is 2.20. The molecule has 2 saturated heterocycles. The normalized spacial score (nSPS) is 20.3. The number of nitrogens with zero attached hydrogens (tertiary/aromatic N) is 2. The molecule has 2 rings (SSSR count). The molecule has 0 bridgehead atoms. The van der Waals surface area contributed by atoms with Gasteiger partial charge in [0.2, 0.25) is 0 Å². The summed E-state index contributed by atoms with van der Waals surface area (Å²) >= 11 is 0. The molecule has 0 aliphatic carbocycles. The SMILES string of the molecule is CC(C)(C)OC(=O)N1CCC(=O)C[C@H]1C(=O)O.COC(=O)[C@@H]1CC(=O)CCN1C(=O)OC(C)(C)C.[2H]CF. The number of carbonyl (C=O) groups is 6. The summed E-state index contributed by atoms with van der Waals surface area (Å²) in [5, 5.41) is 8.97. The first-order chi connectivity index (χ1) is 17.4. The van der Waals surface area contributed by atoms with Crippen molar-refractivity contribution in [2.24, 2.45) is 0 Å². The molecule has 0 unspecified atom stereocenters. The van der Waals surface area contributed by atoms with Gasteiger partial charge in [0, 0.05) is 38.8 Å². The van der Waals surface area contributed by atoms with E-state index >= 15 is 0 Å². The van der Waals surface area contributed by atoms with Crippen LogP contribution in [-0.2, 0) is 33.4 Å². The van der Waals surface area contributed by atoms with Gasteiger partial charge in [-0.3, -0.25) is 23.8 Å². The minimum atomic E-state index is -1.18. The van der Waals surface area contributed by atoms with Gasteiger partial charge in [0.05, 0.1) is 15.6 Å². The lowest BCUT2D eigenvalue weighted by Crippen LogP contribution is -2.52. The number of aliphatic carboxylic acids is 1. The molecule has 2 heterocycles. The molecule has 0 spiro atoms. The van der Waals surface area contributed by atoms with Gasteiger partial charge < -0.3 is 19.3 Å². The largest absolute Gasteiger partial charge is 0.480 e. The topological polar surface area (TPSA) is 157 Å². The molecular formula is C24H39FN2O10. The van der Waals surface area contributed by atoms with Crippen molar-refractivity contribution in [2.45, 2.75) is 90.5 Å². The van der Waals surface area contributed by atoms with Gasteiger partial charge in [-0.05, 0) is 41.5 Å². The number of carbonyl (C=O) groups excluding carboxylic acids is 5. The summed E-state index contributed by atoms with van der Waals surface area (Å²) in [5.41, 5.74) is -1.32. The van der Waals surface area contributed by atoms with Gasteiger partial charge in [-0.1, -0.05) is 0 Å². The van der Waals surface area contributed by atoms with Crippen molar-refractivity contribution >= 4 is 35.7 Å². The number of ketones is 2. The van der Waals surface area contributed by atoms with E-state index in [9.17, 15) is 33.2 Å². The molecule has 0 radical (unpaired) electrons. The number of likely N-dealkylation sites (tertiary alicyclic amines) is 2. The lowest BCUT2D eigenvalue weighted by Gasteiger charge is -2.34. The number of carboxylic acids is 1. The van der Waals surface area contributed by atoms with Crippen LogP contribution in [0.3, 0.4) is 0 Å². The highest BCUT2D eigenvalue weighted by Gasteiger charge is 2.39. The Morgan fingerprint density at radius 2 is 1.22 bits per heavy atom. The first kappa shape index (κ1) is 31.8. The third kappa shape index (κ3) is 12.0. The van der Waals surface area contributed by atoms with E-state index in [-0.39, 0.29) is 50.3 Å². The summed E-state index contributed by atoms with van der Waals surface area (Å²) in [6, 6.07) is -1.97. The van der Waals surface area contributed by atoms with Crippen LogP contribution in [0.4, 0.5) is 14.0 Å². The van der Waals surface area contributed by atoms with Gasteiger partial charge >= 0.3 is 24.1 Å². The van der Waals surface area contributed by atoms with Crippen molar-refractivity contribution in [3.63, 3.8) is 0 Å². The summed E-state index contributed by atoms with van der Waals surface area (Å²) in [5.74, 6) is -1.96. The van der Waals surface area contributed by atoms with Crippen LogP contribution in [-0.4, -0.2) is 101 Å². The first-order valence-corrected chi connectivity index (χ1v) is 11.5. The van der Waals surface area contributed by atoms with Gasteiger partial charge in [0.15, 0.2) is 0 Å². The summed E-state index contributed by atoms with van der Waals surface area (Å²) < 4.78 is 30.4. The fourth-order valence-electron chi connectivity index (χ4n) is 3.30. The lowest BCUT2D eigenvalue weighted by atomic mass is 10.0. The fraction of sp³-hybridized carbons (Fsp3) is 0.750. The summed E-state index contributed by atoms with van der Waals surface area (Å²) in [4.78, 5) is 71.2. The monoisotopic (exact) mass is 535 g/mol. The Bertz CT molecular complexity index is 869. The van der Waals surface area contributed by atoms with Crippen LogP contribution in [0.2, 0.25) is 0 Å². The average Bonchev–Trinajstić information content (AvgIpc) is 2.76. The molecule has 12 nitrogen and oxygen atoms in total. The maximum absolute atomic E-state index is 11.9. The highest BCUT2D eigenvalue weighted by molar-refractivity contribution is 5.91. The van der Waals surface area contributed by atoms with Crippen LogP contribution >= 0.6 is 0 Å². The van der Waals surface area contributed by atoms with E-state index in [4.69, 9.17) is 16.0 Å². The molecule has 2 amide bonds. The Kier molecular flexibility index (Phi) is 12.4. The Labute approximate surface area is 217 Å². The van der Waals surface area contributed by atoms with E-state index in [2.05, 4.69) is 4.74 Å². The molecule has 2 aliphatic rings. The van der Waals surface area contributed by atoms with Gasteiger partial charge in [0.25, 0.3) is 0 Å². The molecule has 0 saturated carbocycles. The third-order valence-electron chi connectivity index (χ3n) is 4.87. The van der Waals surface area contributed by atoms with Gasteiger partial charge in [-0.25, -0.2) is 19.2 Å². The number of methoxy groups -OCH3 is 1. The molecule has 37 heavy (non-hydrogen) atoms. The maximum atomic E-state index is 11.9. The van der Waals surface area contributed by atoms with Crippen molar-refractivity contribution in [2.75, 3.05) is 27.4 Å². The molecule has 2 fully saturated rings. The Morgan fingerprint density at radius 3 is 1.54 bits per heavy atom. The molecule has 0 aromatic carbocycles. The number of esters is 1. The zero-order valence-electron chi connectivity index (χ0n) is 23.5. The fourth-order valence-corrected chi connectivity index (χ4v) is 3.30. The number of amides is 2. The van der Waals surface area contributed by atoms with Gasteiger partial charge in [0.1, 0.15) is 34.9 Å². The molecule has 2 atom stereocenters. The molecular weight excluding hydrogens is 495 g/mol. The first-order valence-electron chi connectivity index (χ1n) is 12.3. The van der Waals surface area contributed by atoms with E-state index in [0.29, 0.717) is 0 Å². The van der Waals surface area contributed by atoms with Crippen molar-refractivity contribution < 1.29 is 53.8 Å². The Morgan fingerprint density at radius 1 is 0.865 bits per heavy atom. The standard InChI is InChI=1S/C12H19NO5.C11H17NO5.CH3F/c1-12(2,3)18-11(16)13-6-5-8(14)7-9(13)10(15)17-4;1-11(2,3)17-10(16)12-5-4-7(13)6-8(12)9(14)15;1-2/h9H,5-7H2,1-4H3;8H,4-6H2,1-3H3,(H,14,15);1H3/t9-;8-;/m00./s1/i;;1D. The maximum Gasteiger partial charge on any atom is 0.411 e. The number of rotatable bonds is 2. The highest BCUT2D eigenvalue weighted by atomic mass is 19.1. The summed E-state index contributed by atoms with van der Waals surface area (Å²) in [7, 11) is 0.231. The number of ether oxygens (including phenoxy) is 3. The van der Waals surface area contributed by atoms with Gasteiger partial charge in [-0.15, -0.1) is 0 Å². The quantitative estimate of drug-likeness (QED) is 0.412. The summed E-state index contributed by atoms with van der Waals surface area (Å²) in [6.45, 7) is 10.6. The number of alkyl halides is 1. The zero-order valence-corrected chi connectivity index (χ0v) is 22.5. The van der Waals surface area contributed by atoms with E-state index in [1.165, 1.54) is 12.0 Å². The van der Waals surface area contributed by atoms with Crippen molar-refractivity contribution in [1.82, 2.24) is 9.80 Å². The number of halogens is 1. The second-order valence-corrected chi connectivity index (χ2v) is 10.2. The van der Waals surface area contributed by atoms with Crippen LogP contribution in [0, 0.1) is 0 Å². The van der Waals surface area contributed by atoms with E-state index < -0.39 is 54.6 Å². The van der Waals surface area contributed by atoms with Crippen LogP contribution in [0.25, 0.3) is 0 Å². The van der Waals surface area contributed by atoms with Crippen LogP contribution in [0.15, 0.2) is 0 Å². The lowest BCUT2D eigenvalue weighted by molar-refractivity contribution is -0.150. The third-order valence-corrected chi connectivity index (χ3v) is 4.87. The Hall–Kier alpha value is -3.25. The molecule has 1 N–H and O–H groups in total. The summed E-state index contributed by atoms with van der Waals surface area (Å²) in [6.07, 6.45) is -1.00. The molecule has 0 aromatic rings. The minimum absolute atomic E-state index is 0.00802. The Balaban J connectivity index is 0.000000654. The number of hydrogen-bond acceptors (Lipinski definition) is 9. The van der Waals surface area contributed by atoms with Crippen LogP contribution in [0.5, 0.6) is 0 Å². The number of carboxylic acid groups (broad SMARTS) is 1. The molecule has 212 valence electrons. The number of Topliss-reactive ketones (excluding diaryl/α,β-unsaturated/α-hetero) is 2. The predicted octanol–water partition coefficient (Wildman–Crippen LogP) is 2.75. The van der Waals surface area contributed by atoms with Crippen molar-refractivity contribution in [3.8, 4) is 0 Å². The van der Waals surface area contributed by atoms with Crippen molar-refractivity contribution in [3.05, 3.63) is 0 Å². The number of piperidine rings is 2. The van der Waals surface area contributed by atoms with Gasteiger partial charge in [-0.2, -0.15) is 0 Å². The molecule has 13 heteroatoms. The second-order valence-electron chi connectivity index (χ2n) is 10.2. The molecule has 0 aromatic heterocycles. The minimum Gasteiger partial charge on any atom is -0.480 e. The number of hydrogen-bond donors (Lipinski definition) is 1. The van der Waals surface area contributed by atoms with Crippen LogP contribution in [0.1, 0.15) is 68.6 Å². The predicted molar refractivity (Wildman–Crippen MR) is 129 cm³/mol.